The van der Waals surface area contributed by atoms with Crippen LogP contribution in [0.3, 0.4) is 0 Å². The smallest absolute Gasteiger partial charge is 0.335 e. The molecule has 1 aromatic heterocycles. The van der Waals surface area contributed by atoms with Gasteiger partial charge >= 0.3 is 5.97 Å². The molecule has 0 aliphatic carbocycles. The van der Waals surface area contributed by atoms with Crippen LogP contribution >= 0.6 is 0 Å². The minimum atomic E-state index is -1.10. The zero-order valence-corrected chi connectivity index (χ0v) is 12.7. The minimum absolute atomic E-state index is 0.0436. The molecule has 0 fully saturated rings. The van der Waals surface area contributed by atoms with Crippen molar-refractivity contribution in [3.63, 3.8) is 0 Å². The van der Waals surface area contributed by atoms with E-state index in [4.69, 9.17) is 9.84 Å². The third-order valence-corrected chi connectivity index (χ3v) is 3.59. The second-order valence-corrected chi connectivity index (χ2v) is 5.20. The molecule has 0 unspecified atom stereocenters. The second kappa shape index (κ2) is 6.11. The first-order chi connectivity index (χ1) is 11.5. The Bertz CT molecular complexity index is 998. The molecule has 3 rings (SSSR count). The summed E-state index contributed by atoms with van der Waals surface area (Å²) in [6.07, 6.45) is 0.198. The van der Waals surface area contributed by atoms with Crippen LogP contribution in [-0.2, 0) is 6.42 Å². The maximum atomic E-state index is 13.7. The van der Waals surface area contributed by atoms with E-state index in [0.717, 1.165) is 0 Å². The number of nitrogens with zero attached hydrogens (tertiary/aromatic N) is 1. The number of fused-ring (bicyclic) bond motifs is 1. The molecular weight excluding hydrogens is 315 g/mol. The lowest BCUT2D eigenvalue weighted by atomic mass is 10.1. The highest BCUT2D eigenvalue weighted by Crippen LogP contribution is 2.19. The summed E-state index contributed by atoms with van der Waals surface area (Å²) in [5, 5.41) is 9.33. The van der Waals surface area contributed by atoms with E-state index in [0.29, 0.717) is 16.8 Å². The average molecular weight is 328 g/mol. The van der Waals surface area contributed by atoms with Gasteiger partial charge in [0, 0.05) is 6.42 Å². The Labute approximate surface area is 135 Å². The second-order valence-electron chi connectivity index (χ2n) is 5.20. The van der Waals surface area contributed by atoms with Crippen molar-refractivity contribution in [3.05, 3.63) is 69.5 Å². The van der Waals surface area contributed by atoms with Crippen molar-refractivity contribution in [1.82, 2.24) is 9.97 Å². The highest BCUT2D eigenvalue weighted by Gasteiger charge is 2.10. The van der Waals surface area contributed by atoms with E-state index in [9.17, 15) is 14.0 Å². The Morgan fingerprint density at radius 2 is 2.08 bits per heavy atom. The molecule has 122 valence electrons. The van der Waals surface area contributed by atoms with Crippen LogP contribution in [0.1, 0.15) is 21.7 Å². The van der Waals surface area contributed by atoms with Crippen LogP contribution < -0.4 is 10.3 Å². The summed E-state index contributed by atoms with van der Waals surface area (Å²) in [6.45, 7) is 0. The number of benzene rings is 2. The van der Waals surface area contributed by atoms with Crippen LogP contribution in [0, 0.1) is 5.82 Å². The molecule has 3 aromatic rings. The fourth-order valence-corrected chi connectivity index (χ4v) is 2.42. The van der Waals surface area contributed by atoms with Gasteiger partial charge < -0.3 is 14.8 Å². The van der Waals surface area contributed by atoms with E-state index in [2.05, 4.69) is 9.97 Å². The summed E-state index contributed by atoms with van der Waals surface area (Å²) in [4.78, 5) is 30.0. The Balaban J connectivity index is 2.02. The summed E-state index contributed by atoms with van der Waals surface area (Å²) in [5.74, 6) is -1.16. The molecule has 0 saturated carbocycles. The summed E-state index contributed by atoms with van der Waals surface area (Å²) in [6, 6.07) is 8.56. The van der Waals surface area contributed by atoms with Crippen molar-refractivity contribution in [2.45, 2.75) is 6.42 Å². The molecule has 0 aliphatic heterocycles. The summed E-state index contributed by atoms with van der Waals surface area (Å²) in [5.41, 5.74) is 0.552. The number of H-pyrrole nitrogens is 1. The topological polar surface area (TPSA) is 92.3 Å². The molecule has 0 amide bonds. The van der Waals surface area contributed by atoms with Gasteiger partial charge in [-0.25, -0.2) is 14.2 Å². The first-order valence-corrected chi connectivity index (χ1v) is 7.06. The molecule has 0 radical (unpaired) electrons. The normalized spacial score (nSPS) is 10.8. The number of rotatable bonds is 4. The lowest BCUT2D eigenvalue weighted by Crippen LogP contribution is -2.13. The Morgan fingerprint density at radius 1 is 1.29 bits per heavy atom. The van der Waals surface area contributed by atoms with E-state index in [1.807, 2.05) is 0 Å². The van der Waals surface area contributed by atoms with Crippen molar-refractivity contribution in [2.75, 3.05) is 7.11 Å². The van der Waals surface area contributed by atoms with Crippen molar-refractivity contribution in [1.29, 1.82) is 0 Å². The molecule has 7 heteroatoms. The number of hydrogen-bond donors (Lipinski definition) is 2. The summed E-state index contributed by atoms with van der Waals surface area (Å²) >= 11 is 0. The van der Waals surface area contributed by atoms with E-state index in [-0.39, 0.29) is 28.8 Å². The minimum Gasteiger partial charge on any atom is -0.494 e. The summed E-state index contributed by atoms with van der Waals surface area (Å²) < 4.78 is 18.6. The van der Waals surface area contributed by atoms with Crippen LogP contribution in [0.2, 0.25) is 0 Å². The molecule has 2 N–H and O–H groups in total. The lowest BCUT2D eigenvalue weighted by molar-refractivity contribution is 0.0697. The van der Waals surface area contributed by atoms with Gasteiger partial charge in [-0.2, -0.15) is 0 Å². The molecule has 2 aromatic carbocycles. The third-order valence-electron chi connectivity index (χ3n) is 3.59. The first kappa shape index (κ1) is 15.7. The van der Waals surface area contributed by atoms with Crippen molar-refractivity contribution >= 4 is 16.9 Å². The Kier molecular flexibility index (Phi) is 3.99. The number of carboxylic acids is 1. The van der Waals surface area contributed by atoms with Crippen molar-refractivity contribution < 1.29 is 19.0 Å². The molecular formula is C17H13FN2O4. The molecule has 0 bridgehead atoms. The number of nitrogens with one attached hydrogen (secondary N) is 1. The zero-order chi connectivity index (χ0) is 17.3. The Hall–Kier alpha value is -3.22. The van der Waals surface area contributed by atoms with Crippen LogP contribution in [-0.4, -0.2) is 28.2 Å². The van der Waals surface area contributed by atoms with Gasteiger partial charge in [0.1, 0.15) is 5.82 Å². The highest BCUT2D eigenvalue weighted by atomic mass is 19.1. The van der Waals surface area contributed by atoms with Gasteiger partial charge in [0.25, 0.3) is 5.56 Å². The van der Waals surface area contributed by atoms with Gasteiger partial charge in [0.2, 0.25) is 0 Å². The van der Waals surface area contributed by atoms with Crippen LogP contribution in [0.5, 0.6) is 5.75 Å². The van der Waals surface area contributed by atoms with E-state index < -0.39 is 11.8 Å². The summed E-state index contributed by atoms with van der Waals surface area (Å²) in [7, 11) is 1.38. The lowest BCUT2D eigenvalue weighted by Gasteiger charge is -2.06. The van der Waals surface area contributed by atoms with Gasteiger partial charge in [0.15, 0.2) is 11.6 Å². The predicted molar refractivity (Wildman–Crippen MR) is 85.1 cm³/mol. The largest absolute Gasteiger partial charge is 0.494 e. The number of methoxy groups -OCH3 is 1. The standard InChI is InChI=1S/C17H13FN2O4/c1-24-14-5-2-9(6-12(14)18)7-15-19-13-8-10(17(22)23)3-4-11(13)16(21)20-15/h2-6,8H,7H2,1H3,(H,22,23)(H,19,20,21). The van der Waals surface area contributed by atoms with Gasteiger partial charge in [-0.15, -0.1) is 0 Å². The van der Waals surface area contributed by atoms with Gasteiger partial charge in [0.05, 0.1) is 23.6 Å². The van der Waals surface area contributed by atoms with Gasteiger partial charge in [-0.05, 0) is 35.9 Å². The van der Waals surface area contributed by atoms with Crippen LogP contribution in [0.4, 0.5) is 4.39 Å². The monoisotopic (exact) mass is 328 g/mol. The van der Waals surface area contributed by atoms with Crippen LogP contribution in [0.25, 0.3) is 10.9 Å². The fraction of sp³-hybridized carbons (Fsp3) is 0.118. The van der Waals surface area contributed by atoms with Crippen molar-refractivity contribution in [3.8, 4) is 5.75 Å². The first-order valence-electron chi connectivity index (χ1n) is 7.06. The fourth-order valence-electron chi connectivity index (χ4n) is 2.42. The van der Waals surface area contributed by atoms with E-state index in [1.165, 1.54) is 37.4 Å². The number of carbonyl (C=O) groups is 1. The van der Waals surface area contributed by atoms with Crippen LogP contribution in [0.15, 0.2) is 41.2 Å². The molecule has 0 atom stereocenters. The molecule has 0 saturated heterocycles. The maximum Gasteiger partial charge on any atom is 0.335 e. The quantitative estimate of drug-likeness (QED) is 0.767. The highest BCUT2D eigenvalue weighted by molar-refractivity contribution is 5.92. The number of carboxylic acid groups (broad SMARTS) is 1. The number of hydrogen-bond acceptors (Lipinski definition) is 4. The number of aromatic carboxylic acids is 1. The zero-order valence-electron chi connectivity index (χ0n) is 12.7. The molecule has 1 heterocycles. The average Bonchev–Trinajstić information content (AvgIpc) is 2.54. The number of halogens is 1. The molecule has 0 spiro atoms. The SMILES string of the molecule is COc1ccc(Cc2nc3cc(C(=O)O)ccc3c(=O)[nH]2)cc1F. The predicted octanol–water partition coefficient (Wildman–Crippen LogP) is 2.36. The molecule has 6 nitrogen and oxygen atoms in total. The molecule has 24 heavy (non-hydrogen) atoms. The maximum absolute atomic E-state index is 13.7. The van der Waals surface area contributed by atoms with E-state index in [1.54, 1.807) is 6.07 Å². The molecule has 0 aliphatic rings. The number of aromatic nitrogens is 2. The van der Waals surface area contributed by atoms with E-state index >= 15 is 0 Å². The van der Waals surface area contributed by atoms with Gasteiger partial charge in [-0.3, -0.25) is 4.79 Å². The Morgan fingerprint density at radius 3 is 2.75 bits per heavy atom. The van der Waals surface area contributed by atoms with Gasteiger partial charge in [-0.1, -0.05) is 6.07 Å². The number of aromatic amines is 1. The van der Waals surface area contributed by atoms with Crippen molar-refractivity contribution in [2.24, 2.45) is 0 Å². The number of ether oxygens (including phenoxy) is 1. The third kappa shape index (κ3) is 2.96.